The quantitative estimate of drug-likeness (QED) is 0.600. The average molecular weight is 414 g/mol. The molecule has 142 valence electrons. The van der Waals surface area contributed by atoms with Crippen LogP contribution in [-0.2, 0) is 12.8 Å². The molecule has 0 aliphatic carbocycles. The molecule has 0 radical (unpaired) electrons. The van der Waals surface area contributed by atoms with Crippen molar-refractivity contribution >= 4 is 23.2 Å². The van der Waals surface area contributed by atoms with Crippen molar-refractivity contribution < 1.29 is 4.74 Å². The lowest BCUT2D eigenvalue weighted by molar-refractivity contribution is 0.472. The maximum Gasteiger partial charge on any atom is 0.270 e. The van der Waals surface area contributed by atoms with Crippen molar-refractivity contribution in [2.75, 3.05) is 0 Å². The third kappa shape index (κ3) is 4.72. The van der Waals surface area contributed by atoms with Crippen LogP contribution in [0.2, 0.25) is 10.0 Å². The first kappa shape index (κ1) is 19.9. The molecule has 2 heterocycles. The molecule has 1 N–H and O–H groups in total. The fraction of sp³-hybridized carbons (Fsp3) is 0.190. The molecule has 0 bridgehead atoms. The summed E-state index contributed by atoms with van der Waals surface area (Å²) in [5, 5.41) is 9.46. The zero-order valence-corrected chi connectivity index (χ0v) is 16.6. The van der Waals surface area contributed by atoms with Gasteiger partial charge in [0, 0.05) is 28.7 Å². The van der Waals surface area contributed by atoms with Crippen LogP contribution in [0.25, 0.3) is 0 Å². The third-order valence-corrected chi connectivity index (χ3v) is 4.82. The number of hydrogen-bond acceptors (Lipinski definition) is 4. The number of benzene rings is 1. The smallest absolute Gasteiger partial charge is 0.270 e. The van der Waals surface area contributed by atoms with Crippen molar-refractivity contribution in [3.8, 4) is 17.6 Å². The fourth-order valence-electron chi connectivity index (χ4n) is 2.93. The van der Waals surface area contributed by atoms with Gasteiger partial charge in [0.2, 0.25) is 0 Å². The van der Waals surface area contributed by atoms with Gasteiger partial charge in [0.25, 0.3) is 5.56 Å². The molecule has 2 aromatic heterocycles. The third-order valence-electron chi connectivity index (χ3n) is 4.26. The van der Waals surface area contributed by atoms with Gasteiger partial charge >= 0.3 is 0 Å². The van der Waals surface area contributed by atoms with Gasteiger partial charge in [-0.15, -0.1) is 0 Å². The first-order chi connectivity index (χ1) is 13.5. The van der Waals surface area contributed by atoms with Crippen LogP contribution in [-0.4, -0.2) is 9.97 Å². The largest absolute Gasteiger partial charge is 0.455 e. The second-order valence-electron chi connectivity index (χ2n) is 6.31. The molecule has 0 fully saturated rings. The SMILES string of the molecule is Cc1[nH]c(=O)c(Cl)c(Oc2cc(Cl)cc(C#N)c2)c1CCCc1cccnc1. The second-order valence-corrected chi connectivity index (χ2v) is 7.12. The lowest BCUT2D eigenvalue weighted by Gasteiger charge is -2.15. The number of pyridine rings is 2. The minimum Gasteiger partial charge on any atom is -0.455 e. The highest BCUT2D eigenvalue weighted by Gasteiger charge is 2.17. The molecule has 0 aliphatic rings. The lowest BCUT2D eigenvalue weighted by atomic mass is 10.0. The molecule has 5 nitrogen and oxygen atoms in total. The molecule has 7 heteroatoms. The van der Waals surface area contributed by atoms with Crippen LogP contribution >= 0.6 is 23.2 Å². The molecule has 0 unspecified atom stereocenters. The number of nitrogens with zero attached hydrogens (tertiary/aromatic N) is 2. The normalized spacial score (nSPS) is 10.5. The lowest BCUT2D eigenvalue weighted by Crippen LogP contribution is -2.13. The summed E-state index contributed by atoms with van der Waals surface area (Å²) < 4.78 is 5.93. The van der Waals surface area contributed by atoms with E-state index in [9.17, 15) is 4.79 Å². The zero-order chi connectivity index (χ0) is 20.1. The number of hydrogen-bond donors (Lipinski definition) is 1. The Hall–Kier alpha value is -2.81. The number of rotatable bonds is 6. The molecule has 1 aromatic carbocycles. The number of nitrogens with one attached hydrogen (secondary N) is 1. The van der Waals surface area contributed by atoms with Crippen LogP contribution in [0.5, 0.6) is 11.5 Å². The molecule has 0 saturated carbocycles. The Morgan fingerprint density at radius 2 is 2.07 bits per heavy atom. The van der Waals surface area contributed by atoms with Gasteiger partial charge in [-0.25, -0.2) is 0 Å². The van der Waals surface area contributed by atoms with Gasteiger partial charge in [0.1, 0.15) is 10.8 Å². The van der Waals surface area contributed by atoms with Gasteiger partial charge in [-0.2, -0.15) is 5.26 Å². The Bertz CT molecular complexity index is 1090. The highest BCUT2D eigenvalue weighted by atomic mass is 35.5. The van der Waals surface area contributed by atoms with Gasteiger partial charge in [-0.1, -0.05) is 29.3 Å². The highest BCUT2D eigenvalue weighted by Crippen LogP contribution is 2.34. The van der Waals surface area contributed by atoms with E-state index >= 15 is 0 Å². The fourth-order valence-corrected chi connectivity index (χ4v) is 3.36. The minimum atomic E-state index is -0.423. The predicted molar refractivity (Wildman–Crippen MR) is 109 cm³/mol. The van der Waals surface area contributed by atoms with Crippen molar-refractivity contribution in [2.24, 2.45) is 0 Å². The standard InChI is InChI=1S/C21H17Cl2N3O2/c1-13-18(6-2-4-14-5-3-7-25-12-14)20(19(23)21(27)26-13)28-17-9-15(11-24)8-16(22)10-17/h3,5,7-10,12H,2,4,6H2,1H3,(H,26,27). The Kier molecular flexibility index (Phi) is 6.35. The Morgan fingerprint density at radius 1 is 1.25 bits per heavy atom. The number of H-pyrrole nitrogens is 1. The van der Waals surface area contributed by atoms with Gasteiger partial charge < -0.3 is 9.72 Å². The molecule has 0 saturated heterocycles. The molecule has 0 atom stereocenters. The predicted octanol–water partition coefficient (Wildman–Crippen LogP) is 5.22. The summed E-state index contributed by atoms with van der Waals surface area (Å²) in [7, 11) is 0. The molecule has 28 heavy (non-hydrogen) atoms. The molecule has 0 aliphatic heterocycles. The molecule has 3 aromatic rings. The Morgan fingerprint density at radius 3 is 2.79 bits per heavy atom. The first-order valence-electron chi connectivity index (χ1n) is 8.66. The summed E-state index contributed by atoms with van der Waals surface area (Å²) in [5.41, 5.74) is 2.57. The van der Waals surface area contributed by atoms with Crippen molar-refractivity contribution in [3.05, 3.63) is 85.5 Å². The van der Waals surface area contributed by atoms with E-state index < -0.39 is 5.56 Å². The van der Waals surface area contributed by atoms with Gasteiger partial charge in [0.05, 0.1) is 11.6 Å². The van der Waals surface area contributed by atoms with Crippen LogP contribution in [0.15, 0.2) is 47.5 Å². The van der Waals surface area contributed by atoms with Crippen LogP contribution in [0.3, 0.4) is 0 Å². The topological polar surface area (TPSA) is 78.8 Å². The van der Waals surface area contributed by atoms with E-state index in [-0.39, 0.29) is 5.02 Å². The van der Waals surface area contributed by atoms with E-state index in [1.165, 1.54) is 6.07 Å². The van der Waals surface area contributed by atoms with Crippen LogP contribution in [0, 0.1) is 18.3 Å². The highest BCUT2D eigenvalue weighted by molar-refractivity contribution is 6.32. The van der Waals surface area contributed by atoms with Crippen molar-refractivity contribution in [1.29, 1.82) is 5.26 Å². The first-order valence-corrected chi connectivity index (χ1v) is 9.42. The molecular weight excluding hydrogens is 397 g/mol. The number of aryl methyl sites for hydroxylation is 2. The van der Waals surface area contributed by atoms with E-state index in [1.807, 2.05) is 31.3 Å². The van der Waals surface area contributed by atoms with Crippen LogP contribution in [0.4, 0.5) is 0 Å². The van der Waals surface area contributed by atoms with Crippen LogP contribution < -0.4 is 10.3 Å². The monoisotopic (exact) mass is 413 g/mol. The Balaban J connectivity index is 1.90. The van der Waals surface area contributed by atoms with Crippen molar-refractivity contribution in [2.45, 2.75) is 26.2 Å². The summed E-state index contributed by atoms with van der Waals surface area (Å²) in [6, 6.07) is 10.6. The molecule has 0 spiro atoms. The van der Waals surface area contributed by atoms with E-state index in [1.54, 1.807) is 18.3 Å². The second kappa shape index (κ2) is 8.92. The van der Waals surface area contributed by atoms with Gasteiger partial charge in [0.15, 0.2) is 5.75 Å². The van der Waals surface area contributed by atoms with E-state index in [0.29, 0.717) is 34.2 Å². The minimum absolute atomic E-state index is 0.0274. The van der Waals surface area contributed by atoms with E-state index in [2.05, 4.69) is 9.97 Å². The summed E-state index contributed by atoms with van der Waals surface area (Å²) in [6.07, 6.45) is 5.88. The van der Waals surface area contributed by atoms with Crippen molar-refractivity contribution in [3.63, 3.8) is 0 Å². The number of aromatic amines is 1. The molecule has 0 amide bonds. The average Bonchev–Trinajstić information content (AvgIpc) is 2.68. The van der Waals surface area contributed by atoms with E-state index in [4.69, 9.17) is 33.2 Å². The summed E-state index contributed by atoms with van der Waals surface area (Å²) in [6.45, 7) is 1.81. The summed E-state index contributed by atoms with van der Waals surface area (Å²) in [5.74, 6) is 0.643. The Labute approximate surface area is 172 Å². The summed E-state index contributed by atoms with van der Waals surface area (Å²) in [4.78, 5) is 19.0. The van der Waals surface area contributed by atoms with Gasteiger partial charge in [-0.05, 0) is 56.0 Å². The maximum atomic E-state index is 12.1. The molecular formula is C21H17Cl2N3O2. The summed E-state index contributed by atoms with van der Waals surface area (Å²) >= 11 is 12.3. The number of aromatic nitrogens is 2. The number of nitriles is 1. The maximum absolute atomic E-state index is 12.1. The van der Waals surface area contributed by atoms with Gasteiger partial charge in [-0.3, -0.25) is 9.78 Å². The zero-order valence-electron chi connectivity index (χ0n) is 15.1. The number of halogens is 2. The van der Waals surface area contributed by atoms with Crippen LogP contribution in [0.1, 0.15) is 28.8 Å². The number of ether oxygens (including phenoxy) is 1. The van der Waals surface area contributed by atoms with Crippen molar-refractivity contribution in [1.82, 2.24) is 9.97 Å². The molecule has 3 rings (SSSR count). The van der Waals surface area contributed by atoms with E-state index in [0.717, 1.165) is 24.0 Å².